The van der Waals surface area contributed by atoms with Crippen molar-refractivity contribution in [1.82, 2.24) is 4.90 Å². The van der Waals surface area contributed by atoms with Gasteiger partial charge in [0.25, 0.3) is 23.6 Å². The number of fused-ring (bicyclic) bond motifs is 2. The third-order valence-corrected chi connectivity index (χ3v) is 12.1. The van der Waals surface area contributed by atoms with E-state index in [2.05, 4.69) is 0 Å². The van der Waals surface area contributed by atoms with E-state index in [1.54, 1.807) is 65.0 Å². The lowest BCUT2D eigenvalue weighted by Gasteiger charge is -2.29. The summed E-state index contributed by atoms with van der Waals surface area (Å²) in [5.74, 6) is -3.03. The number of imide groups is 2. The van der Waals surface area contributed by atoms with E-state index in [1.807, 2.05) is 26.0 Å². The Labute approximate surface area is 370 Å². The van der Waals surface area contributed by atoms with Gasteiger partial charge in [-0.25, -0.2) is 4.90 Å². The normalized spacial score (nSPS) is 14.1. The van der Waals surface area contributed by atoms with Gasteiger partial charge >= 0.3 is 12.4 Å². The Morgan fingerprint density at radius 2 is 0.862 bits per heavy atom. The van der Waals surface area contributed by atoms with Crippen molar-refractivity contribution in [1.29, 1.82) is 0 Å². The third-order valence-electron chi connectivity index (χ3n) is 12.1. The summed E-state index contributed by atoms with van der Waals surface area (Å²) < 4.78 is 98.1. The van der Waals surface area contributed by atoms with Crippen molar-refractivity contribution in [2.45, 2.75) is 66.2 Å². The lowest BCUT2D eigenvalue weighted by Crippen LogP contribution is -2.29. The summed E-state index contributed by atoms with van der Waals surface area (Å²) in [4.78, 5) is 54.1. The molecule has 0 radical (unpaired) electrons. The Balaban J connectivity index is 1.06. The highest BCUT2D eigenvalue weighted by molar-refractivity contribution is 6.34. The van der Waals surface area contributed by atoms with E-state index in [-0.39, 0.29) is 45.2 Å². The van der Waals surface area contributed by atoms with Gasteiger partial charge in [-0.1, -0.05) is 61.9 Å². The fourth-order valence-electron chi connectivity index (χ4n) is 8.45. The van der Waals surface area contributed by atoms with Crippen LogP contribution in [0, 0.1) is 34.6 Å². The SMILES string of the molecule is Cc1ccc(Oc2c(C)cc(C(C)(C)c3cc(C)c(Oc4ccc(N5C(=O)c6ccc(-c7ccc8c(c7)C(=O)N(C)C8=O)cc6C5=O)cc4C(F)(F)F)c(C)c3)cc2C)c(C(F)(F)F)c1. The monoisotopic (exact) mass is 890 g/mol. The number of anilines is 1. The van der Waals surface area contributed by atoms with Crippen LogP contribution in [0.2, 0.25) is 0 Å². The number of halogens is 6. The van der Waals surface area contributed by atoms with Crippen molar-refractivity contribution in [3.8, 4) is 34.1 Å². The van der Waals surface area contributed by atoms with Crippen molar-refractivity contribution in [3.05, 3.63) is 169 Å². The zero-order valence-corrected chi connectivity index (χ0v) is 36.3. The molecule has 332 valence electrons. The highest BCUT2D eigenvalue weighted by Gasteiger charge is 2.41. The van der Waals surface area contributed by atoms with Crippen LogP contribution in [-0.2, 0) is 17.8 Å². The largest absolute Gasteiger partial charge is 0.456 e. The molecule has 2 aliphatic rings. The number of benzene rings is 6. The number of alkyl halides is 6. The van der Waals surface area contributed by atoms with Crippen LogP contribution in [0.4, 0.5) is 32.0 Å². The van der Waals surface area contributed by atoms with Crippen LogP contribution < -0.4 is 14.4 Å². The number of aryl methyl sites for hydroxylation is 5. The molecule has 0 aromatic heterocycles. The fourth-order valence-corrected chi connectivity index (χ4v) is 8.45. The predicted molar refractivity (Wildman–Crippen MR) is 231 cm³/mol. The standard InChI is InChI=1S/C51H40F6N2O6/c1-25-9-15-41(39(17-25)50(52,53)54)64-43-26(2)18-32(19-27(43)3)49(6,7)33-20-28(4)44(29(5)21-33)65-42-16-12-34(24-40(42)51(55,56)57)59-47(62)36-14-11-31(23-38(36)48(59)63)30-10-13-35-37(22-30)46(61)58(8)45(35)60/h9-24H,1-8H3. The molecule has 14 heteroatoms. The first kappa shape index (κ1) is 44.4. The van der Waals surface area contributed by atoms with Crippen molar-refractivity contribution in [3.63, 3.8) is 0 Å². The first-order valence-electron chi connectivity index (χ1n) is 20.3. The number of nitrogens with zero attached hydrogens (tertiary/aromatic N) is 2. The molecule has 0 spiro atoms. The molecule has 0 aliphatic carbocycles. The van der Waals surface area contributed by atoms with Crippen molar-refractivity contribution < 1.29 is 55.0 Å². The van der Waals surface area contributed by atoms with Crippen LogP contribution in [0.25, 0.3) is 11.1 Å². The maximum Gasteiger partial charge on any atom is 0.420 e. The summed E-state index contributed by atoms with van der Waals surface area (Å²) in [7, 11) is 1.37. The van der Waals surface area contributed by atoms with E-state index in [0.717, 1.165) is 28.2 Å². The Morgan fingerprint density at radius 3 is 1.34 bits per heavy atom. The van der Waals surface area contributed by atoms with Gasteiger partial charge in [0.05, 0.1) is 33.5 Å². The van der Waals surface area contributed by atoms with Crippen molar-refractivity contribution in [2.75, 3.05) is 11.9 Å². The molecule has 0 N–H and O–H groups in total. The van der Waals surface area contributed by atoms with E-state index >= 15 is 0 Å². The Kier molecular flexibility index (Phi) is 10.6. The first-order chi connectivity index (χ1) is 30.4. The summed E-state index contributed by atoms with van der Waals surface area (Å²) in [5, 5.41) is 0. The zero-order chi connectivity index (χ0) is 47.2. The Bertz CT molecular complexity index is 3010. The van der Waals surface area contributed by atoms with Crippen LogP contribution in [0.1, 0.15) is 105 Å². The van der Waals surface area contributed by atoms with Gasteiger partial charge < -0.3 is 9.47 Å². The second kappa shape index (κ2) is 15.5. The lowest BCUT2D eigenvalue weighted by atomic mass is 9.76. The van der Waals surface area contributed by atoms with Crippen LogP contribution >= 0.6 is 0 Å². The second-order valence-corrected chi connectivity index (χ2v) is 17.0. The minimum absolute atomic E-state index is 0.0228. The zero-order valence-electron chi connectivity index (χ0n) is 36.3. The maximum atomic E-state index is 14.8. The second-order valence-electron chi connectivity index (χ2n) is 17.0. The molecule has 2 aliphatic heterocycles. The van der Waals surface area contributed by atoms with Crippen molar-refractivity contribution >= 4 is 29.3 Å². The number of rotatable bonds is 8. The summed E-state index contributed by atoms with van der Waals surface area (Å²) in [6, 6.07) is 23.1. The van der Waals surface area contributed by atoms with E-state index < -0.39 is 58.3 Å². The number of carbonyl (C=O) groups excluding carboxylic acids is 4. The molecule has 0 fully saturated rings. The number of carbonyl (C=O) groups is 4. The van der Waals surface area contributed by atoms with Gasteiger partial charge in [-0.05, 0) is 134 Å². The van der Waals surface area contributed by atoms with E-state index in [9.17, 15) is 45.5 Å². The Hall–Kier alpha value is -7.22. The van der Waals surface area contributed by atoms with Gasteiger partial charge in [0.1, 0.15) is 28.6 Å². The van der Waals surface area contributed by atoms with Crippen LogP contribution in [0.5, 0.6) is 23.0 Å². The summed E-state index contributed by atoms with van der Waals surface area (Å²) >= 11 is 0. The van der Waals surface area contributed by atoms with Gasteiger partial charge in [0.2, 0.25) is 0 Å². The number of amides is 4. The topological polar surface area (TPSA) is 93.2 Å². The quantitative estimate of drug-likeness (QED) is 0.112. The summed E-state index contributed by atoms with van der Waals surface area (Å²) in [5.41, 5.74) is 2.42. The summed E-state index contributed by atoms with van der Waals surface area (Å²) in [6.45, 7) is 12.4. The maximum absolute atomic E-state index is 14.8. The smallest absolute Gasteiger partial charge is 0.420 e. The molecule has 0 saturated heterocycles. The van der Waals surface area contributed by atoms with Gasteiger partial charge in [0.15, 0.2) is 0 Å². The van der Waals surface area contributed by atoms with Gasteiger partial charge in [-0.15, -0.1) is 0 Å². The molecule has 6 aromatic carbocycles. The number of hydrogen-bond donors (Lipinski definition) is 0. The minimum atomic E-state index is -4.97. The molecule has 0 bridgehead atoms. The average molecular weight is 891 g/mol. The van der Waals surface area contributed by atoms with Gasteiger partial charge in [-0.3, -0.25) is 24.1 Å². The third kappa shape index (κ3) is 7.70. The van der Waals surface area contributed by atoms with Gasteiger partial charge in [0, 0.05) is 12.5 Å². The molecule has 65 heavy (non-hydrogen) atoms. The predicted octanol–water partition coefficient (Wildman–Crippen LogP) is 12.9. The molecule has 8 nitrogen and oxygen atoms in total. The van der Waals surface area contributed by atoms with Crippen molar-refractivity contribution in [2.24, 2.45) is 0 Å². The van der Waals surface area contributed by atoms with Crippen LogP contribution in [0.3, 0.4) is 0 Å². The fraction of sp³-hybridized carbons (Fsp3) is 0.216. The van der Waals surface area contributed by atoms with Crippen LogP contribution in [-0.4, -0.2) is 35.6 Å². The molecule has 2 heterocycles. The van der Waals surface area contributed by atoms with E-state index in [1.165, 1.54) is 43.4 Å². The minimum Gasteiger partial charge on any atom is -0.456 e. The highest BCUT2D eigenvalue weighted by Crippen LogP contribution is 2.46. The lowest BCUT2D eigenvalue weighted by molar-refractivity contribution is -0.139. The van der Waals surface area contributed by atoms with E-state index in [0.29, 0.717) is 49.9 Å². The molecule has 4 amide bonds. The average Bonchev–Trinajstić information content (AvgIpc) is 3.61. The highest BCUT2D eigenvalue weighted by atomic mass is 19.4. The first-order valence-corrected chi connectivity index (χ1v) is 20.3. The molecule has 6 aromatic rings. The van der Waals surface area contributed by atoms with Gasteiger partial charge in [-0.2, -0.15) is 26.3 Å². The molecule has 8 rings (SSSR count). The number of hydrogen-bond acceptors (Lipinski definition) is 6. The number of ether oxygens (including phenoxy) is 2. The Morgan fingerprint density at radius 1 is 0.462 bits per heavy atom. The molecular formula is C51H40F6N2O6. The molecular weight excluding hydrogens is 851 g/mol. The molecule has 0 unspecified atom stereocenters. The van der Waals surface area contributed by atoms with Crippen LogP contribution in [0.15, 0.2) is 97.1 Å². The molecule has 0 atom stereocenters. The van der Waals surface area contributed by atoms with E-state index in [4.69, 9.17) is 9.47 Å². The molecule has 0 saturated carbocycles. The summed E-state index contributed by atoms with van der Waals surface area (Å²) in [6.07, 6.45) is -9.59.